The number of rotatable bonds is 13. The van der Waals surface area contributed by atoms with E-state index in [-0.39, 0.29) is 110 Å². The van der Waals surface area contributed by atoms with Crippen LogP contribution >= 0.6 is 24.8 Å². The summed E-state index contributed by atoms with van der Waals surface area (Å²) < 4.78 is 15.7. The average Bonchev–Trinajstić information content (AvgIpc) is 1.64. The zero-order chi connectivity index (χ0) is 71.3. The van der Waals surface area contributed by atoms with Crippen LogP contribution in [0.5, 0.6) is 0 Å². The standard InChI is InChI=1S/C20H22N10O3.C20H20N10O2.C14H20N6O2.C6H4N4O2.2ClH.H2O/c1-9(26-18(32)14-10-6-25-29-16(10)24-8-23-14)13-5-11(30-33-13)17(31)27-12-7-22-19(20(2,3)4)28-15(12)21;1-9(25-18(31)14-10-6-24-29-15(10)23-8-22-14)13-5-11(30-32-13)16-26-12-7-21-19(20(2,3)4)28-17(12)27-16;1-7(15)10-5-8(20-22-10)12(21)18-9-6-17-13(14(2,3)4)19-11(9)16;11-6(12)4-3-1-9-10-5(3)8-2-7-4;;;/h5-9H,1-4H3,(H,26,32)(H,27,31)(H2,21,22,28)(H,23,24,25,29);5-9H,1-4H3,(H,25,31)(H,21,26,27,28)(H,22,23,24,29);5-7H,15H2,1-4H3,(H,18,21)(H2,16,17,19);1-2H,(H,11,12)(H,7,8,9,10);2*1H;1H2/t2*9-;7-;;;;/m111..../s1. The van der Waals surface area contributed by atoms with E-state index in [1.54, 1.807) is 33.0 Å². The van der Waals surface area contributed by atoms with Crippen molar-refractivity contribution in [2.24, 2.45) is 5.73 Å². The predicted molar refractivity (Wildman–Crippen MR) is 370 cm³/mol. The lowest BCUT2D eigenvalue weighted by Gasteiger charge is -2.17. The van der Waals surface area contributed by atoms with E-state index in [1.165, 1.54) is 62.1 Å². The van der Waals surface area contributed by atoms with Crippen LogP contribution in [0.1, 0.15) is 188 Å². The number of halogens is 2. The summed E-state index contributed by atoms with van der Waals surface area (Å²) in [6, 6.07) is 3.23. The fourth-order valence-corrected chi connectivity index (χ4v) is 8.68. The molecule has 0 saturated carbocycles. The number of fused-ring (bicyclic) bond motifs is 4. The molecule has 0 aliphatic rings. The summed E-state index contributed by atoms with van der Waals surface area (Å²) in [7, 11) is 0. The molecule has 102 heavy (non-hydrogen) atoms. The Kier molecular flexibility index (Phi) is 23.7. The smallest absolute Gasteiger partial charge is 0.355 e. The minimum atomic E-state index is -1.08. The number of carboxylic acids is 1. The molecular formula is C60H70Cl2N30O10. The molecule has 0 aromatic carbocycles. The first kappa shape index (κ1) is 76.8. The van der Waals surface area contributed by atoms with Crippen molar-refractivity contribution in [3.8, 4) is 11.5 Å². The maximum Gasteiger partial charge on any atom is 0.355 e. The number of nitrogen functional groups attached to an aromatic ring is 2. The molecule has 0 aliphatic carbocycles. The van der Waals surface area contributed by atoms with Crippen molar-refractivity contribution in [2.75, 3.05) is 22.1 Å². The van der Waals surface area contributed by atoms with Crippen LogP contribution in [0.25, 0.3) is 55.8 Å². The highest BCUT2D eigenvalue weighted by Crippen LogP contribution is 2.28. The largest absolute Gasteiger partial charge is 0.476 e. The van der Waals surface area contributed by atoms with Crippen LogP contribution in [0.4, 0.5) is 23.0 Å². The van der Waals surface area contributed by atoms with Crippen molar-refractivity contribution < 1.29 is 48.1 Å². The second-order valence-corrected chi connectivity index (χ2v) is 25.1. The van der Waals surface area contributed by atoms with Crippen LogP contribution in [0.2, 0.25) is 0 Å². The third-order valence-corrected chi connectivity index (χ3v) is 14.1. The van der Waals surface area contributed by atoms with Crippen molar-refractivity contribution in [1.29, 1.82) is 0 Å². The molecule has 0 aliphatic heterocycles. The van der Waals surface area contributed by atoms with Gasteiger partial charge in [-0.15, -0.1) is 24.8 Å². The van der Waals surface area contributed by atoms with Crippen LogP contribution < -0.4 is 38.5 Å². The SMILES string of the molecule is C[C@@H](N)c1cc(C(=O)Nc2cnc(C(C)(C)C)nc2N)no1.C[C@@H](NC(=O)c1ncnc2[nH]ncc12)c1cc(-c2nc3nc(C(C)(C)C)ncc3[nH]2)no1.C[C@@H](NC(=O)c1ncnc2[nH]ncc12)c1cc(C(=O)Nc2cnc(C(C)(C)C)nc2N)no1.Cl.Cl.O.O=C(O)c1ncnc2[nH]ncc12. The normalized spacial score (nSPS) is 12.1. The van der Waals surface area contributed by atoms with Gasteiger partial charge >= 0.3 is 5.97 Å². The molecule has 0 bridgehead atoms. The first-order valence-electron chi connectivity index (χ1n) is 29.9. The Bertz CT molecular complexity index is 5120. The Morgan fingerprint density at radius 1 is 0.490 bits per heavy atom. The fourth-order valence-electron chi connectivity index (χ4n) is 8.68. The summed E-state index contributed by atoms with van der Waals surface area (Å²) in [5.41, 5.74) is 21.0. The number of H-pyrrole nitrogens is 4. The molecule has 0 spiro atoms. The van der Waals surface area contributed by atoms with Crippen molar-refractivity contribution in [1.82, 2.24) is 126 Å². The number of hydrogen-bond acceptors (Lipinski definition) is 30. The van der Waals surface area contributed by atoms with Gasteiger partial charge < -0.3 is 67.6 Å². The third kappa shape index (κ3) is 17.8. The zero-order valence-electron chi connectivity index (χ0n) is 56.4. The van der Waals surface area contributed by atoms with Crippen molar-refractivity contribution in [3.05, 3.63) is 138 Å². The lowest BCUT2D eigenvalue weighted by atomic mass is 9.96. The second-order valence-electron chi connectivity index (χ2n) is 25.1. The monoisotopic (exact) mass is 1440 g/mol. The summed E-state index contributed by atoms with van der Waals surface area (Å²) in [5, 5.41) is 51.8. The van der Waals surface area contributed by atoms with Gasteiger partial charge in [0.05, 0.1) is 71.5 Å². The van der Waals surface area contributed by atoms with Crippen molar-refractivity contribution in [2.45, 2.75) is 117 Å². The van der Waals surface area contributed by atoms with E-state index in [9.17, 15) is 24.0 Å². The average molecular weight is 1440 g/mol. The van der Waals surface area contributed by atoms with E-state index in [0.717, 1.165) is 0 Å². The first-order chi connectivity index (χ1) is 46.9. The van der Waals surface area contributed by atoms with Gasteiger partial charge in [-0.2, -0.15) is 15.3 Å². The predicted octanol–water partition coefficient (Wildman–Crippen LogP) is 5.90. The number of amides is 4. The topological polar surface area (TPSA) is 611 Å². The highest BCUT2D eigenvalue weighted by Gasteiger charge is 2.27. The van der Waals surface area contributed by atoms with E-state index in [1.807, 2.05) is 62.3 Å². The van der Waals surface area contributed by atoms with Crippen LogP contribution in [-0.4, -0.2) is 156 Å². The number of aromatic nitrogens is 23. The van der Waals surface area contributed by atoms with Gasteiger partial charge in [0.15, 0.2) is 74.4 Å². The molecule has 40 nitrogen and oxygen atoms in total. The Balaban J connectivity index is 0.000000198. The summed E-state index contributed by atoms with van der Waals surface area (Å²) in [6.07, 6.45) is 12.8. The fraction of sp³-hybridized carbons (Fsp3) is 0.300. The number of imidazole rings is 1. The van der Waals surface area contributed by atoms with E-state index in [0.29, 0.717) is 90.5 Å². The van der Waals surface area contributed by atoms with E-state index in [4.69, 9.17) is 35.9 Å². The maximum absolute atomic E-state index is 12.7. The molecule has 0 fully saturated rings. The molecule has 13 rings (SSSR count). The van der Waals surface area contributed by atoms with Crippen LogP contribution in [0.15, 0.2) is 87.9 Å². The van der Waals surface area contributed by atoms with Gasteiger partial charge in [-0.25, -0.2) is 69.6 Å². The summed E-state index contributed by atoms with van der Waals surface area (Å²) in [4.78, 5) is 118. The van der Waals surface area contributed by atoms with Crippen LogP contribution in [-0.2, 0) is 16.2 Å². The van der Waals surface area contributed by atoms with Crippen LogP contribution in [0, 0.1) is 0 Å². The Labute approximate surface area is 588 Å². The molecule has 3 atom stereocenters. The number of carboxylic acid groups (broad SMARTS) is 1. The molecule has 42 heteroatoms. The number of nitrogens with one attached hydrogen (secondary N) is 8. The van der Waals surface area contributed by atoms with Gasteiger partial charge in [0.25, 0.3) is 23.6 Å². The van der Waals surface area contributed by atoms with E-state index in [2.05, 4.69) is 137 Å². The number of anilines is 4. The number of carbonyl (C=O) groups is 5. The number of hydrogen-bond donors (Lipinski definition) is 12. The lowest BCUT2D eigenvalue weighted by Crippen LogP contribution is -2.27. The molecule has 0 saturated heterocycles. The zero-order valence-corrected chi connectivity index (χ0v) is 58.1. The van der Waals surface area contributed by atoms with Gasteiger partial charge in [0.2, 0.25) is 0 Å². The van der Waals surface area contributed by atoms with E-state index < -0.39 is 35.8 Å². The maximum atomic E-state index is 12.7. The van der Waals surface area contributed by atoms with Crippen molar-refractivity contribution in [3.63, 3.8) is 0 Å². The highest BCUT2D eigenvalue weighted by atomic mass is 35.5. The quantitative estimate of drug-likeness (QED) is 0.0639. The Morgan fingerprint density at radius 2 is 0.882 bits per heavy atom. The van der Waals surface area contributed by atoms with Gasteiger partial charge in [0, 0.05) is 34.4 Å². The van der Waals surface area contributed by atoms with Crippen molar-refractivity contribution >= 4 is 122 Å². The van der Waals surface area contributed by atoms with Crippen LogP contribution in [0.3, 0.4) is 0 Å². The third-order valence-electron chi connectivity index (χ3n) is 14.1. The molecule has 534 valence electrons. The molecule has 13 aromatic rings. The number of nitrogens with two attached hydrogens (primary N) is 3. The number of nitrogens with zero attached hydrogens (tertiary/aromatic N) is 19. The number of aromatic carboxylic acids is 1. The minimum absolute atomic E-state index is 0. The number of aromatic amines is 4. The molecule has 13 aromatic heterocycles. The highest BCUT2D eigenvalue weighted by molar-refractivity contribution is 6.06. The molecule has 0 radical (unpaired) electrons. The summed E-state index contributed by atoms with van der Waals surface area (Å²) in [6.45, 7) is 23.1. The second kappa shape index (κ2) is 31.5. The minimum Gasteiger partial charge on any atom is -0.476 e. The number of carbonyl (C=O) groups excluding carboxylic acids is 4. The van der Waals surface area contributed by atoms with Gasteiger partial charge in [0.1, 0.15) is 70.4 Å². The first-order valence-corrected chi connectivity index (χ1v) is 29.9. The molecule has 13 heterocycles. The summed E-state index contributed by atoms with van der Waals surface area (Å²) in [5.74, 6) is 0.945. The van der Waals surface area contributed by atoms with Gasteiger partial charge in [-0.3, -0.25) is 34.5 Å². The lowest BCUT2D eigenvalue weighted by molar-refractivity contribution is 0.0691. The molecule has 0 unspecified atom stereocenters. The molecule has 17 N–H and O–H groups in total. The Hall–Kier alpha value is -12.6. The van der Waals surface area contributed by atoms with Gasteiger partial charge in [-0.05, 0) is 20.8 Å². The Morgan fingerprint density at radius 3 is 1.30 bits per heavy atom. The summed E-state index contributed by atoms with van der Waals surface area (Å²) >= 11 is 0. The van der Waals surface area contributed by atoms with E-state index >= 15 is 0 Å². The molecular weight excluding hydrogens is 1370 g/mol. The van der Waals surface area contributed by atoms with Gasteiger partial charge in [-0.1, -0.05) is 77.8 Å². The molecule has 4 amide bonds.